The van der Waals surface area contributed by atoms with Crippen molar-refractivity contribution in [1.29, 1.82) is 0 Å². The van der Waals surface area contributed by atoms with Crippen LogP contribution >= 0.6 is 0 Å². The Bertz CT molecular complexity index is 598. The third kappa shape index (κ3) is 3.44. The van der Waals surface area contributed by atoms with Gasteiger partial charge in [-0.15, -0.1) is 0 Å². The van der Waals surface area contributed by atoms with E-state index >= 15 is 0 Å². The van der Waals surface area contributed by atoms with Crippen LogP contribution in [0.15, 0.2) is 24.3 Å². The highest BCUT2D eigenvalue weighted by Gasteiger charge is 2.36. The molecule has 0 spiro atoms. The number of nitrogens with zero attached hydrogens (tertiary/aromatic N) is 1. The Balaban J connectivity index is 2.07. The van der Waals surface area contributed by atoms with Crippen LogP contribution in [0.1, 0.15) is 37.0 Å². The van der Waals surface area contributed by atoms with Crippen LogP contribution in [-0.2, 0) is 9.59 Å². The van der Waals surface area contributed by atoms with Crippen LogP contribution in [0.25, 0.3) is 0 Å². The molecule has 118 valence electrons. The quantitative estimate of drug-likeness (QED) is 0.838. The molecule has 6 nitrogen and oxygen atoms in total. The highest BCUT2D eigenvalue weighted by Crippen LogP contribution is 2.21. The monoisotopic (exact) mass is 305 g/mol. The maximum atomic E-state index is 12.4. The molecule has 1 saturated heterocycles. The summed E-state index contributed by atoms with van der Waals surface area (Å²) in [7, 11) is 0. The summed E-state index contributed by atoms with van der Waals surface area (Å²) in [6, 6.07) is 5.81. The molecule has 0 radical (unpaired) electrons. The summed E-state index contributed by atoms with van der Waals surface area (Å²) in [5.74, 6) is -1.01. The molecule has 0 aromatic heterocycles. The Kier molecular flexibility index (Phi) is 4.80. The predicted octanol–water partition coefficient (Wildman–Crippen LogP) is 1.73. The minimum atomic E-state index is -0.989. The number of hydrogen-bond donors (Lipinski definition) is 1. The van der Waals surface area contributed by atoms with Crippen LogP contribution in [0.3, 0.4) is 0 Å². The first-order chi connectivity index (χ1) is 10.4. The largest absolute Gasteiger partial charge is 0.481 e. The predicted molar refractivity (Wildman–Crippen MR) is 78.9 cm³/mol. The van der Waals surface area contributed by atoms with E-state index in [-0.39, 0.29) is 11.7 Å². The van der Waals surface area contributed by atoms with Crippen molar-refractivity contribution in [3.63, 3.8) is 0 Å². The van der Waals surface area contributed by atoms with Crippen molar-refractivity contribution in [3.8, 4) is 5.75 Å². The van der Waals surface area contributed by atoms with Crippen LogP contribution in [0.2, 0.25) is 0 Å². The van der Waals surface area contributed by atoms with Gasteiger partial charge >= 0.3 is 5.97 Å². The van der Waals surface area contributed by atoms with Gasteiger partial charge in [-0.1, -0.05) is 12.1 Å². The number of carboxylic acid groups (broad SMARTS) is 1. The molecule has 1 aromatic rings. The maximum absolute atomic E-state index is 12.4. The second-order valence-electron chi connectivity index (χ2n) is 5.37. The molecule has 1 aromatic carbocycles. The van der Waals surface area contributed by atoms with E-state index in [0.29, 0.717) is 30.7 Å². The SMILES string of the molecule is CC(=O)c1cccc(OC(C)C(=O)N2CCC[C@H]2C(=O)O)c1. The first-order valence-electron chi connectivity index (χ1n) is 7.21. The topological polar surface area (TPSA) is 83.9 Å². The number of ether oxygens (including phenoxy) is 1. The first-order valence-corrected chi connectivity index (χ1v) is 7.21. The number of ketones is 1. The van der Waals surface area contributed by atoms with Crippen LogP contribution < -0.4 is 4.74 Å². The van der Waals surface area contributed by atoms with Crippen LogP contribution in [-0.4, -0.2) is 46.4 Å². The van der Waals surface area contributed by atoms with Gasteiger partial charge in [0.15, 0.2) is 11.9 Å². The lowest BCUT2D eigenvalue weighted by Gasteiger charge is -2.25. The molecule has 1 unspecified atom stereocenters. The van der Waals surface area contributed by atoms with Crippen molar-refractivity contribution in [1.82, 2.24) is 4.90 Å². The van der Waals surface area contributed by atoms with Crippen molar-refractivity contribution >= 4 is 17.7 Å². The Labute approximate surface area is 128 Å². The lowest BCUT2D eigenvalue weighted by molar-refractivity contribution is -0.150. The van der Waals surface area contributed by atoms with Gasteiger partial charge in [0.05, 0.1) is 0 Å². The molecule has 0 aliphatic carbocycles. The van der Waals surface area contributed by atoms with Crippen molar-refractivity contribution in [3.05, 3.63) is 29.8 Å². The number of carbonyl (C=O) groups excluding carboxylic acids is 2. The number of rotatable bonds is 5. The minimum Gasteiger partial charge on any atom is -0.481 e. The first kappa shape index (κ1) is 16.0. The molecule has 22 heavy (non-hydrogen) atoms. The third-order valence-corrected chi connectivity index (χ3v) is 3.72. The van der Waals surface area contributed by atoms with Gasteiger partial charge in [0, 0.05) is 12.1 Å². The van der Waals surface area contributed by atoms with Crippen molar-refractivity contribution < 1.29 is 24.2 Å². The Morgan fingerprint density at radius 3 is 2.73 bits per heavy atom. The number of Topliss-reactive ketones (excluding diaryl/α,β-unsaturated/α-hetero) is 1. The lowest BCUT2D eigenvalue weighted by Crippen LogP contribution is -2.46. The van der Waals surface area contributed by atoms with Gasteiger partial charge in [0.25, 0.3) is 5.91 Å². The average molecular weight is 305 g/mol. The summed E-state index contributed by atoms with van der Waals surface area (Å²) in [6.45, 7) is 3.46. The van der Waals surface area contributed by atoms with Gasteiger partial charge in [-0.25, -0.2) is 4.79 Å². The standard InChI is InChI=1S/C16H19NO5/c1-10(18)12-5-3-6-13(9-12)22-11(2)15(19)17-8-4-7-14(17)16(20)21/h3,5-6,9,11,14H,4,7-8H2,1-2H3,(H,20,21)/t11?,14-/m0/s1. The van der Waals surface area contributed by atoms with Gasteiger partial charge in [-0.05, 0) is 38.8 Å². The highest BCUT2D eigenvalue weighted by atomic mass is 16.5. The summed E-state index contributed by atoms with van der Waals surface area (Å²) in [6.07, 6.45) is 0.338. The van der Waals surface area contributed by atoms with Gasteiger partial charge in [0.1, 0.15) is 11.8 Å². The summed E-state index contributed by atoms with van der Waals surface area (Å²) < 4.78 is 5.57. The average Bonchev–Trinajstić information content (AvgIpc) is 2.96. The number of carboxylic acids is 1. The van der Waals surface area contributed by atoms with E-state index < -0.39 is 18.1 Å². The molecule has 2 atom stereocenters. The summed E-state index contributed by atoms with van der Waals surface area (Å²) >= 11 is 0. The molecule has 2 rings (SSSR count). The molecular weight excluding hydrogens is 286 g/mol. The maximum Gasteiger partial charge on any atom is 0.326 e. The van der Waals surface area contributed by atoms with Gasteiger partial charge in [0.2, 0.25) is 0 Å². The summed E-state index contributed by atoms with van der Waals surface area (Å²) in [5.41, 5.74) is 0.502. The lowest BCUT2D eigenvalue weighted by atomic mass is 10.1. The van der Waals surface area contributed by atoms with E-state index in [1.54, 1.807) is 31.2 Å². The van der Waals surface area contributed by atoms with E-state index in [2.05, 4.69) is 0 Å². The smallest absolute Gasteiger partial charge is 0.326 e. The second-order valence-corrected chi connectivity index (χ2v) is 5.37. The normalized spacial score (nSPS) is 18.8. The van der Waals surface area contributed by atoms with Crippen molar-refractivity contribution in [2.75, 3.05) is 6.54 Å². The summed E-state index contributed by atoms with van der Waals surface area (Å²) in [5, 5.41) is 9.13. The number of aliphatic carboxylic acids is 1. The van der Waals surface area contributed by atoms with Crippen LogP contribution in [0.4, 0.5) is 0 Å². The number of hydrogen-bond acceptors (Lipinski definition) is 4. The number of amides is 1. The third-order valence-electron chi connectivity index (χ3n) is 3.72. The summed E-state index contributed by atoms with van der Waals surface area (Å²) in [4.78, 5) is 36.2. The van der Waals surface area contributed by atoms with Gasteiger partial charge in [-0.3, -0.25) is 9.59 Å². The second kappa shape index (κ2) is 6.60. The Hall–Kier alpha value is -2.37. The van der Waals surface area contributed by atoms with E-state index in [0.717, 1.165) is 0 Å². The van der Waals surface area contributed by atoms with E-state index in [1.165, 1.54) is 11.8 Å². The van der Waals surface area contributed by atoms with E-state index in [1.807, 2.05) is 0 Å². The molecule has 1 heterocycles. The molecule has 1 amide bonds. The molecule has 0 bridgehead atoms. The number of carbonyl (C=O) groups is 3. The van der Waals surface area contributed by atoms with Gasteiger partial charge in [-0.2, -0.15) is 0 Å². The molecule has 1 fully saturated rings. The van der Waals surface area contributed by atoms with E-state index in [4.69, 9.17) is 9.84 Å². The fraction of sp³-hybridized carbons (Fsp3) is 0.438. The fourth-order valence-electron chi connectivity index (χ4n) is 2.56. The molecule has 1 N–H and O–H groups in total. The van der Waals surface area contributed by atoms with Crippen LogP contribution in [0, 0.1) is 0 Å². The minimum absolute atomic E-state index is 0.0880. The zero-order chi connectivity index (χ0) is 16.3. The molecule has 0 saturated carbocycles. The Morgan fingerprint density at radius 1 is 1.36 bits per heavy atom. The highest BCUT2D eigenvalue weighted by molar-refractivity contribution is 5.94. The van der Waals surface area contributed by atoms with Crippen molar-refractivity contribution in [2.45, 2.75) is 38.8 Å². The molecule has 6 heteroatoms. The van der Waals surface area contributed by atoms with Crippen molar-refractivity contribution in [2.24, 2.45) is 0 Å². The number of benzene rings is 1. The molecule has 1 aliphatic rings. The zero-order valence-corrected chi connectivity index (χ0v) is 12.6. The zero-order valence-electron chi connectivity index (χ0n) is 12.6. The van der Waals surface area contributed by atoms with Crippen LogP contribution in [0.5, 0.6) is 5.75 Å². The number of likely N-dealkylation sites (tertiary alicyclic amines) is 1. The Morgan fingerprint density at radius 2 is 2.09 bits per heavy atom. The molecule has 1 aliphatic heterocycles. The fourth-order valence-corrected chi connectivity index (χ4v) is 2.56. The van der Waals surface area contributed by atoms with E-state index in [9.17, 15) is 14.4 Å². The van der Waals surface area contributed by atoms with Gasteiger partial charge < -0.3 is 14.7 Å². The molecular formula is C16H19NO5.